The highest BCUT2D eigenvalue weighted by Crippen LogP contribution is 2.33. The van der Waals surface area contributed by atoms with E-state index in [0.29, 0.717) is 41.8 Å². The second-order valence-electron chi connectivity index (χ2n) is 8.51. The van der Waals surface area contributed by atoms with E-state index in [0.717, 1.165) is 33.4 Å². The first-order chi connectivity index (χ1) is 15.5. The fourth-order valence-electron chi connectivity index (χ4n) is 4.16. The van der Waals surface area contributed by atoms with E-state index >= 15 is 0 Å². The number of amides is 1. The van der Waals surface area contributed by atoms with Gasteiger partial charge in [-0.05, 0) is 55.0 Å². The maximum atomic E-state index is 13.4. The molecule has 5 rings (SSSR count). The Kier molecular flexibility index (Phi) is 6.14. The number of thioether (sulfide) groups is 1. The number of benzene rings is 1. The Hall–Kier alpha value is -2.09. The smallest absolute Gasteiger partial charge is 0.258 e. The fraction of sp³-hybridized carbons (Fsp3) is 0.375. The van der Waals surface area contributed by atoms with Gasteiger partial charge in [-0.15, -0.1) is 11.3 Å². The van der Waals surface area contributed by atoms with E-state index < -0.39 is 0 Å². The van der Waals surface area contributed by atoms with Crippen molar-refractivity contribution >= 4 is 40.6 Å². The molecule has 3 heterocycles. The predicted molar refractivity (Wildman–Crippen MR) is 131 cm³/mol. The SMILES string of the molecule is Cc1csc(SCC(=O)N2CCc3c(cc(-c4cccc(Cl)c4)c(=O)n3CC3CC3)C2)n1. The summed E-state index contributed by atoms with van der Waals surface area (Å²) in [5, 5.41) is 2.61. The number of hydrogen-bond donors (Lipinski definition) is 0. The van der Waals surface area contributed by atoms with Gasteiger partial charge in [0.2, 0.25) is 5.91 Å². The Labute approximate surface area is 200 Å². The summed E-state index contributed by atoms with van der Waals surface area (Å²) in [5.41, 5.74) is 4.67. The van der Waals surface area contributed by atoms with Crippen molar-refractivity contribution in [2.75, 3.05) is 12.3 Å². The normalized spacial score (nSPS) is 15.6. The average Bonchev–Trinajstić information content (AvgIpc) is 3.51. The van der Waals surface area contributed by atoms with Crippen molar-refractivity contribution < 1.29 is 4.79 Å². The first-order valence-corrected chi connectivity index (χ1v) is 13.1. The molecule has 0 unspecified atom stereocenters. The van der Waals surface area contributed by atoms with E-state index in [1.54, 1.807) is 11.3 Å². The minimum absolute atomic E-state index is 0.0485. The molecule has 1 aromatic carbocycles. The summed E-state index contributed by atoms with van der Waals surface area (Å²) in [6, 6.07) is 9.42. The van der Waals surface area contributed by atoms with Crippen molar-refractivity contribution in [1.82, 2.24) is 14.5 Å². The monoisotopic (exact) mass is 485 g/mol. The molecule has 1 aliphatic carbocycles. The third-order valence-corrected chi connectivity index (χ3v) is 8.37. The molecule has 0 atom stereocenters. The molecular formula is C24H24ClN3O2S2. The number of aryl methyl sites for hydroxylation is 1. The minimum atomic E-state index is 0.0485. The van der Waals surface area contributed by atoms with Crippen LogP contribution in [0.15, 0.2) is 44.8 Å². The maximum absolute atomic E-state index is 13.4. The van der Waals surface area contributed by atoms with Crippen LogP contribution in [0, 0.1) is 12.8 Å². The quantitative estimate of drug-likeness (QED) is 0.460. The van der Waals surface area contributed by atoms with Crippen molar-refractivity contribution in [2.24, 2.45) is 5.92 Å². The number of pyridine rings is 1. The molecular weight excluding hydrogens is 462 g/mol. The molecule has 0 radical (unpaired) electrons. The van der Waals surface area contributed by atoms with Gasteiger partial charge in [-0.25, -0.2) is 4.98 Å². The van der Waals surface area contributed by atoms with Gasteiger partial charge in [0.15, 0.2) is 4.34 Å². The van der Waals surface area contributed by atoms with Crippen LogP contribution in [0.5, 0.6) is 0 Å². The van der Waals surface area contributed by atoms with Crippen LogP contribution in [0.2, 0.25) is 5.02 Å². The predicted octanol–water partition coefficient (Wildman–Crippen LogP) is 5.02. The first-order valence-electron chi connectivity index (χ1n) is 10.8. The summed E-state index contributed by atoms with van der Waals surface area (Å²) in [5.74, 6) is 1.08. The van der Waals surface area contributed by atoms with Crippen LogP contribution in [-0.4, -0.2) is 32.7 Å². The van der Waals surface area contributed by atoms with Gasteiger partial charge in [0.1, 0.15) is 0 Å². The lowest BCUT2D eigenvalue weighted by atomic mass is 9.99. The molecule has 32 heavy (non-hydrogen) atoms. The molecule has 2 aromatic heterocycles. The van der Waals surface area contributed by atoms with E-state index in [9.17, 15) is 9.59 Å². The first kappa shape index (κ1) is 21.7. The molecule has 8 heteroatoms. The maximum Gasteiger partial charge on any atom is 0.258 e. The van der Waals surface area contributed by atoms with E-state index in [2.05, 4.69) is 4.98 Å². The van der Waals surface area contributed by atoms with Crippen LogP contribution in [0.4, 0.5) is 0 Å². The van der Waals surface area contributed by atoms with Gasteiger partial charge in [0.05, 0.1) is 5.75 Å². The zero-order valence-electron chi connectivity index (χ0n) is 17.8. The number of nitrogens with zero attached hydrogens (tertiary/aromatic N) is 3. The Balaban J connectivity index is 1.43. The van der Waals surface area contributed by atoms with E-state index in [1.807, 2.05) is 52.1 Å². The lowest BCUT2D eigenvalue weighted by molar-refractivity contribution is -0.129. The molecule has 2 aliphatic rings. The Morgan fingerprint density at radius 2 is 2.16 bits per heavy atom. The number of thiazole rings is 1. The van der Waals surface area contributed by atoms with Crippen molar-refractivity contribution in [3.05, 3.63) is 68.0 Å². The van der Waals surface area contributed by atoms with Gasteiger partial charge in [0.25, 0.3) is 5.56 Å². The van der Waals surface area contributed by atoms with Crippen LogP contribution in [0.1, 0.15) is 29.8 Å². The van der Waals surface area contributed by atoms with E-state index in [-0.39, 0.29) is 11.5 Å². The molecule has 5 nitrogen and oxygen atoms in total. The second-order valence-corrected chi connectivity index (χ2v) is 11.0. The van der Waals surface area contributed by atoms with Crippen molar-refractivity contribution in [3.8, 4) is 11.1 Å². The van der Waals surface area contributed by atoms with Crippen LogP contribution < -0.4 is 5.56 Å². The number of aromatic nitrogens is 2. The van der Waals surface area contributed by atoms with Crippen molar-refractivity contribution in [1.29, 1.82) is 0 Å². The minimum Gasteiger partial charge on any atom is -0.337 e. The van der Waals surface area contributed by atoms with Crippen molar-refractivity contribution in [2.45, 2.75) is 43.6 Å². The molecule has 1 saturated carbocycles. The van der Waals surface area contributed by atoms with Crippen LogP contribution in [0.3, 0.4) is 0 Å². The largest absolute Gasteiger partial charge is 0.337 e. The van der Waals surface area contributed by atoms with Crippen molar-refractivity contribution in [3.63, 3.8) is 0 Å². The summed E-state index contributed by atoms with van der Waals surface area (Å²) in [7, 11) is 0. The molecule has 3 aromatic rings. The van der Waals surface area contributed by atoms with Gasteiger partial charge in [0, 0.05) is 53.4 Å². The van der Waals surface area contributed by atoms with Crippen LogP contribution in [0.25, 0.3) is 11.1 Å². The van der Waals surface area contributed by atoms with Gasteiger partial charge in [-0.3, -0.25) is 9.59 Å². The molecule has 1 fully saturated rings. The molecule has 166 valence electrons. The summed E-state index contributed by atoms with van der Waals surface area (Å²) in [6.07, 6.45) is 3.07. The number of carbonyl (C=O) groups is 1. The highest BCUT2D eigenvalue weighted by molar-refractivity contribution is 8.01. The van der Waals surface area contributed by atoms with Gasteiger partial charge in [-0.1, -0.05) is 35.5 Å². The van der Waals surface area contributed by atoms with Gasteiger partial charge < -0.3 is 9.47 Å². The molecule has 1 aliphatic heterocycles. The Morgan fingerprint density at radius 3 is 2.88 bits per heavy atom. The topological polar surface area (TPSA) is 55.2 Å². The summed E-state index contributed by atoms with van der Waals surface area (Å²) < 4.78 is 2.90. The number of fused-ring (bicyclic) bond motifs is 1. The average molecular weight is 486 g/mol. The van der Waals surface area contributed by atoms with Crippen LogP contribution >= 0.6 is 34.7 Å². The summed E-state index contributed by atoms with van der Waals surface area (Å²) >= 11 is 9.28. The lowest BCUT2D eigenvalue weighted by Gasteiger charge is -2.31. The zero-order valence-corrected chi connectivity index (χ0v) is 20.2. The van der Waals surface area contributed by atoms with Gasteiger partial charge >= 0.3 is 0 Å². The Bertz CT molecular complexity index is 1230. The summed E-state index contributed by atoms with van der Waals surface area (Å²) in [4.78, 5) is 32.7. The van der Waals surface area contributed by atoms with Crippen LogP contribution in [-0.2, 0) is 24.3 Å². The molecule has 1 amide bonds. The standard InChI is InChI=1S/C24H24ClN3O2S2/c1-15-13-31-24(26-15)32-14-22(29)27-8-7-21-18(12-27)10-20(17-3-2-4-19(25)9-17)23(30)28(21)11-16-5-6-16/h2-4,9-10,13,16H,5-8,11-12,14H2,1H3. The molecule has 0 saturated heterocycles. The lowest BCUT2D eigenvalue weighted by Crippen LogP contribution is -2.40. The number of rotatable bonds is 6. The summed E-state index contributed by atoms with van der Waals surface area (Å²) in [6.45, 7) is 3.90. The number of halogens is 1. The third-order valence-electron chi connectivity index (χ3n) is 6.01. The molecule has 0 N–H and O–H groups in total. The number of carbonyl (C=O) groups excluding carboxylic acids is 1. The van der Waals surface area contributed by atoms with Gasteiger partial charge in [-0.2, -0.15) is 0 Å². The zero-order chi connectivity index (χ0) is 22.2. The second kappa shape index (κ2) is 9.04. The van der Waals surface area contributed by atoms with E-state index in [1.165, 1.54) is 24.6 Å². The Morgan fingerprint density at radius 1 is 1.31 bits per heavy atom. The molecule has 0 bridgehead atoms. The fourth-order valence-corrected chi connectivity index (χ4v) is 6.10. The van der Waals surface area contributed by atoms with E-state index in [4.69, 9.17) is 11.6 Å². The highest BCUT2D eigenvalue weighted by atomic mass is 35.5. The third kappa shape index (κ3) is 4.65. The molecule has 0 spiro atoms. The highest BCUT2D eigenvalue weighted by Gasteiger charge is 2.29. The number of hydrogen-bond acceptors (Lipinski definition) is 5.